The lowest BCUT2D eigenvalue weighted by molar-refractivity contribution is -0.127. The van der Waals surface area contributed by atoms with Gasteiger partial charge < -0.3 is 14.5 Å². The van der Waals surface area contributed by atoms with E-state index in [1.807, 2.05) is 11.9 Å². The van der Waals surface area contributed by atoms with Crippen LogP contribution in [0.25, 0.3) is 0 Å². The molecule has 0 aromatic carbocycles. The molecule has 8 heteroatoms. The number of ether oxygens (including phenoxy) is 1. The summed E-state index contributed by atoms with van der Waals surface area (Å²) in [6.07, 6.45) is 11.3. The van der Waals surface area contributed by atoms with Gasteiger partial charge in [-0.15, -0.1) is 10.2 Å². The molecule has 3 aliphatic rings. The van der Waals surface area contributed by atoms with Crippen LogP contribution in [0.2, 0.25) is 0 Å². The second kappa shape index (κ2) is 11.0. The van der Waals surface area contributed by atoms with E-state index in [1.165, 1.54) is 56.7 Å². The number of hydrogen-bond donors (Lipinski definition) is 0. The van der Waals surface area contributed by atoms with E-state index in [0.29, 0.717) is 11.7 Å². The van der Waals surface area contributed by atoms with Crippen molar-refractivity contribution in [1.29, 1.82) is 0 Å². The first-order valence-corrected chi connectivity index (χ1v) is 13.2. The maximum Gasteiger partial charge on any atom is 0.232 e. The van der Waals surface area contributed by atoms with E-state index < -0.39 is 0 Å². The molecule has 174 valence electrons. The minimum atomic E-state index is 0.190. The summed E-state index contributed by atoms with van der Waals surface area (Å²) in [7, 11) is 1.95. The van der Waals surface area contributed by atoms with Gasteiger partial charge in [-0.2, -0.15) is 0 Å². The van der Waals surface area contributed by atoms with Gasteiger partial charge >= 0.3 is 0 Å². The molecule has 0 bridgehead atoms. The fraction of sp³-hybridized carbons (Fsp3) is 0.870. The Kier molecular flexibility index (Phi) is 8.15. The lowest BCUT2D eigenvalue weighted by Crippen LogP contribution is -2.35. The number of nitrogens with zero attached hydrogens (tertiary/aromatic N) is 5. The van der Waals surface area contributed by atoms with Crippen LogP contribution >= 0.6 is 11.8 Å². The molecule has 1 atom stereocenters. The van der Waals surface area contributed by atoms with E-state index in [1.54, 1.807) is 0 Å². The minimum Gasteiger partial charge on any atom is -0.376 e. The van der Waals surface area contributed by atoms with Gasteiger partial charge in [0.05, 0.1) is 18.4 Å². The van der Waals surface area contributed by atoms with Crippen molar-refractivity contribution in [1.82, 2.24) is 19.7 Å². The van der Waals surface area contributed by atoms with Crippen LogP contribution in [0.3, 0.4) is 0 Å². The van der Waals surface area contributed by atoms with Crippen LogP contribution in [0, 0.1) is 11.8 Å². The molecule has 1 aromatic rings. The predicted molar refractivity (Wildman–Crippen MR) is 125 cm³/mol. The molecule has 31 heavy (non-hydrogen) atoms. The van der Waals surface area contributed by atoms with Gasteiger partial charge in [-0.3, -0.25) is 9.36 Å². The molecule has 4 rings (SSSR count). The zero-order chi connectivity index (χ0) is 21.6. The molecule has 1 aromatic heterocycles. The highest BCUT2D eigenvalue weighted by Gasteiger charge is 2.26. The number of piperidine rings is 1. The van der Waals surface area contributed by atoms with Gasteiger partial charge in [-0.1, -0.05) is 37.9 Å². The largest absolute Gasteiger partial charge is 0.376 e. The molecule has 2 saturated heterocycles. The second-order valence-corrected chi connectivity index (χ2v) is 10.7. The molecular formula is C23H39N5O2S. The normalized spacial score (nSPS) is 23.4. The van der Waals surface area contributed by atoms with Gasteiger partial charge in [-0.05, 0) is 50.4 Å². The smallest absolute Gasteiger partial charge is 0.232 e. The Balaban J connectivity index is 1.38. The molecule has 0 radical (unpaired) electrons. The van der Waals surface area contributed by atoms with Crippen molar-refractivity contribution in [3.05, 3.63) is 0 Å². The number of rotatable bonds is 8. The van der Waals surface area contributed by atoms with Crippen LogP contribution in [0.4, 0.5) is 5.95 Å². The second-order valence-electron chi connectivity index (χ2n) is 9.76. The Hall–Kier alpha value is -1.28. The third kappa shape index (κ3) is 6.15. The highest BCUT2D eigenvalue weighted by molar-refractivity contribution is 7.99. The molecular weight excluding hydrogens is 410 g/mol. The molecule has 3 fully saturated rings. The van der Waals surface area contributed by atoms with Crippen molar-refractivity contribution in [3.8, 4) is 0 Å². The monoisotopic (exact) mass is 449 g/mol. The average Bonchev–Trinajstić information content (AvgIpc) is 3.44. The average molecular weight is 450 g/mol. The first kappa shape index (κ1) is 22.9. The van der Waals surface area contributed by atoms with Gasteiger partial charge in [0.2, 0.25) is 11.9 Å². The molecule has 3 heterocycles. The van der Waals surface area contributed by atoms with E-state index >= 15 is 0 Å². The highest BCUT2D eigenvalue weighted by atomic mass is 32.2. The molecule has 1 unspecified atom stereocenters. The minimum absolute atomic E-state index is 0.190. The first-order valence-electron chi connectivity index (χ1n) is 12.3. The standard InChI is InChI=1S/C23H39N5O2S/c1-18-10-12-27(13-11-18)22-24-25-23(28(22)16-20-9-6-14-30-20)31-17-21(29)26(2)15-19-7-4-3-5-8-19/h18-20H,3-17H2,1-2H3. The Morgan fingerprint density at radius 3 is 2.58 bits per heavy atom. The number of thioether (sulfide) groups is 1. The van der Waals surface area contributed by atoms with Crippen LogP contribution in [-0.2, 0) is 16.1 Å². The van der Waals surface area contributed by atoms with Crippen LogP contribution in [0.5, 0.6) is 0 Å². The molecule has 1 aliphatic carbocycles. The Morgan fingerprint density at radius 1 is 1.10 bits per heavy atom. The Bertz CT molecular complexity index is 707. The summed E-state index contributed by atoms with van der Waals surface area (Å²) < 4.78 is 8.12. The van der Waals surface area contributed by atoms with Crippen LogP contribution < -0.4 is 4.90 Å². The van der Waals surface area contributed by atoms with E-state index in [9.17, 15) is 4.79 Å². The summed E-state index contributed by atoms with van der Waals surface area (Å²) in [6.45, 7) is 6.89. The van der Waals surface area contributed by atoms with Crippen molar-refractivity contribution in [2.75, 3.05) is 43.9 Å². The molecule has 7 nitrogen and oxygen atoms in total. The van der Waals surface area contributed by atoms with Gasteiger partial charge in [0.25, 0.3) is 0 Å². The SMILES string of the molecule is CC1CCN(c2nnc(SCC(=O)N(C)CC3CCCCC3)n2CC2CCCO2)CC1. The van der Waals surface area contributed by atoms with Crippen molar-refractivity contribution >= 4 is 23.6 Å². The number of hydrogen-bond acceptors (Lipinski definition) is 6. The predicted octanol–water partition coefficient (Wildman–Crippen LogP) is 3.82. The van der Waals surface area contributed by atoms with Crippen molar-refractivity contribution in [2.45, 2.75) is 82.5 Å². The van der Waals surface area contributed by atoms with Crippen LogP contribution in [-0.4, -0.2) is 70.7 Å². The van der Waals surface area contributed by atoms with E-state index in [0.717, 1.165) is 62.7 Å². The third-order valence-electron chi connectivity index (χ3n) is 7.18. The van der Waals surface area contributed by atoms with Gasteiger partial charge in [0.15, 0.2) is 5.16 Å². The summed E-state index contributed by atoms with van der Waals surface area (Å²) in [5, 5.41) is 9.92. The molecule has 1 saturated carbocycles. The number of carbonyl (C=O) groups excluding carboxylic acids is 1. The quantitative estimate of drug-likeness (QED) is 0.562. The van der Waals surface area contributed by atoms with Crippen LogP contribution in [0.15, 0.2) is 5.16 Å². The fourth-order valence-electron chi connectivity index (χ4n) is 5.08. The van der Waals surface area contributed by atoms with E-state index in [-0.39, 0.29) is 12.0 Å². The fourth-order valence-corrected chi connectivity index (χ4v) is 5.96. The molecule has 0 N–H and O–H groups in total. The van der Waals surface area contributed by atoms with Crippen molar-refractivity contribution in [2.24, 2.45) is 11.8 Å². The summed E-state index contributed by atoms with van der Waals surface area (Å²) in [4.78, 5) is 17.1. The first-order chi connectivity index (χ1) is 15.1. The summed E-state index contributed by atoms with van der Waals surface area (Å²) in [5.74, 6) is 3.01. The third-order valence-corrected chi connectivity index (χ3v) is 8.13. The molecule has 2 aliphatic heterocycles. The summed E-state index contributed by atoms with van der Waals surface area (Å²) in [6, 6.07) is 0. The highest BCUT2D eigenvalue weighted by Crippen LogP contribution is 2.29. The topological polar surface area (TPSA) is 63.5 Å². The van der Waals surface area contributed by atoms with Gasteiger partial charge in [0, 0.05) is 33.3 Å². The number of aromatic nitrogens is 3. The number of anilines is 1. The zero-order valence-corrected chi connectivity index (χ0v) is 20.1. The van der Waals surface area contributed by atoms with Crippen molar-refractivity contribution < 1.29 is 9.53 Å². The van der Waals surface area contributed by atoms with Gasteiger partial charge in [-0.25, -0.2) is 0 Å². The molecule has 1 amide bonds. The van der Waals surface area contributed by atoms with Crippen molar-refractivity contribution in [3.63, 3.8) is 0 Å². The van der Waals surface area contributed by atoms with Gasteiger partial charge in [0.1, 0.15) is 0 Å². The summed E-state index contributed by atoms with van der Waals surface area (Å²) in [5.41, 5.74) is 0. The zero-order valence-electron chi connectivity index (χ0n) is 19.3. The number of carbonyl (C=O) groups is 1. The number of amides is 1. The lowest BCUT2D eigenvalue weighted by Gasteiger charge is -2.31. The maximum absolute atomic E-state index is 12.8. The van der Waals surface area contributed by atoms with E-state index in [4.69, 9.17) is 4.74 Å². The lowest BCUT2D eigenvalue weighted by atomic mass is 9.89. The maximum atomic E-state index is 12.8. The summed E-state index contributed by atoms with van der Waals surface area (Å²) >= 11 is 1.53. The Morgan fingerprint density at radius 2 is 1.87 bits per heavy atom. The Labute approximate surface area is 191 Å². The van der Waals surface area contributed by atoms with Crippen LogP contribution in [0.1, 0.15) is 64.7 Å². The molecule has 0 spiro atoms. The van der Waals surface area contributed by atoms with E-state index in [2.05, 4.69) is 26.6 Å².